The van der Waals surface area contributed by atoms with E-state index in [0.29, 0.717) is 0 Å². The zero-order valence-corrected chi connectivity index (χ0v) is 8.86. The van der Waals surface area contributed by atoms with Gasteiger partial charge >= 0.3 is 5.97 Å². The van der Waals surface area contributed by atoms with Gasteiger partial charge in [-0.2, -0.15) is 25.3 Å². The number of aliphatic carboxylic acids is 1. The van der Waals surface area contributed by atoms with Crippen molar-refractivity contribution in [3.8, 4) is 0 Å². The molecule has 0 aromatic carbocycles. The fourth-order valence-corrected chi connectivity index (χ4v) is 1.43. The maximum Gasteiger partial charge on any atom is 0.306 e. The SMILES string of the molecule is O=C(O)C(CCCS)CCCS. The van der Waals surface area contributed by atoms with E-state index in [2.05, 4.69) is 25.3 Å². The molecular formula is C8H16O2S2. The molecule has 0 saturated carbocycles. The summed E-state index contributed by atoms with van der Waals surface area (Å²) in [6.45, 7) is 0. The van der Waals surface area contributed by atoms with Crippen molar-refractivity contribution in [2.75, 3.05) is 11.5 Å². The number of thiol groups is 2. The molecule has 1 N–H and O–H groups in total. The van der Waals surface area contributed by atoms with Gasteiger partial charge in [-0.15, -0.1) is 0 Å². The van der Waals surface area contributed by atoms with Crippen molar-refractivity contribution in [3.05, 3.63) is 0 Å². The van der Waals surface area contributed by atoms with Gasteiger partial charge in [0.25, 0.3) is 0 Å². The number of rotatable bonds is 7. The Labute approximate surface area is 84.6 Å². The molecule has 0 aliphatic heterocycles. The summed E-state index contributed by atoms with van der Waals surface area (Å²) in [4.78, 5) is 10.7. The minimum atomic E-state index is -0.682. The Hall–Kier alpha value is 0.170. The summed E-state index contributed by atoms with van der Waals surface area (Å²) in [5, 5.41) is 8.78. The largest absolute Gasteiger partial charge is 0.481 e. The first-order valence-corrected chi connectivity index (χ1v) is 5.43. The van der Waals surface area contributed by atoms with Gasteiger partial charge < -0.3 is 5.11 Å². The van der Waals surface area contributed by atoms with E-state index in [1.807, 2.05) is 0 Å². The molecular weight excluding hydrogens is 192 g/mol. The number of hydrogen-bond donors (Lipinski definition) is 3. The van der Waals surface area contributed by atoms with Crippen molar-refractivity contribution >= 4 is 31.2 Å². The van der Waals surface area contributed by atoms with Crippen LogP contribution in [0.3, 0.4) is 0 Å². The second-order valence-electron chi connectivity index (χ2n) is 2.77. The molecule has 72 valence electrons. The van der Waals surface area contributed by atoms with Crippen LogP contribution in [-0.4, -0.2) is 22.6 Å². The Morgan fingerprint density at radius 1 is 1.17 bits per heavy atom. The topological polar surface area (TPSA) is 37.3 Å². The van der Waals surface area contributed by atoms with Crippen molar-refractivity contribution in [3.63, 3.8) is 0 Å². The highest BCUT2D eigenvalue weighted by Gasteiger charge is 2.15. The van der Waals surface area contributed by atoms with Crippen LogP contribution in [0.5, 0.6) is 0 Å². The molecule has 12 heavy (non-hydrogen) atoms. The van der Waals surface area contributed by atoms with Crippen LogP contribution in [0.25, 0.3) is 0 Å². The molecule has 0 aromatic heterocycles. The average Bonchev–Trinajstić information content (AvgIpc) is 2.04. The second kappa shape index (κ2) is 7.80. The van der Waals surface area contributed by atoms with Crippen molar-refractivity contribution in [1.29, 1.82) is 0 Å². The summed E-state index contributed by atoms with van der Waals surface area (Å²) in [7, 11) is 0. The lowest BCUT2D eigenvalue weighted by molar-refractivity contribution is -0.142. The van der Waals surface area contributed by atoms with Crippen molar-refractivity contribution in [2.24, 2.45) is 5.92 Å². The third kappa shape index (κ3) is 5.77. The van der Waals surface area contributed by atoms with Crippen molar-refractivity contribution in [2.45, 2.75) is 25.7 Å². The van der Waals surface area contributed by atoms with Gasteiger partial charge in [-0.05, 0) is 37.2 Å². The van der Waals surface area contributed by atoms with Gasteiger partial charge in [-0.3, -0.25) is 4.79 Å². The fourth-order valence-electron chi connectivity index (χ4n) is 1.07. The lowest BCUT2D eigenvalue weighted by Gasteiger charge is -2.09. The van der Waals surface area contributed by atoms with Gasteiger partial charge in [0.1, 0.15) is 0 Å². The van der Waals surface area contributed by atoms with E-state index in [-0.39, 0.29) is 5.92 Å². The zero-order valence-electron chi connectivity index (χ0n) is 7.07. The van der Waals surface area contributed by atoms with Gasteiger partial charge in [0.2, 0.25) is 0 Å². The van der Waals surface area contributed by atoms with Gasteiger partial charge in [-0.25, -0.2) is 0 Å². The minimum absolute atomic E-state index is 0.190. The third-order valence-corrected chi connectivity index (χ3v) is 2.40. The van der Waals surface area contributed by atoms with Crippen LogP contribution >= 0.6 is 25.3 Å². The van der Waals surface area contributed by atoms with Crippen LogP contribution in [0.15, 0.2) is 0 Å². The molecule has 0 radical (unpaired) electrons. The van der Waals surface area contributed by atoms with Crippen molar-refractivity contribution in [1.82, 2.24) is 0 Å². The molecule has 0 aliphatic rings. The maximum absolute atomic E-state index is 10.7. The third-order valence-electron chi connectivity index (χ3n) is 1.77. The molecule has 0 aromatic rings. The molecule has 0 fully saturated rings. The fraction of sp³-hybridized carbons (Fsp3) is 0.875. The standard InChI is InChI=1S/C8H16O2S2/c9-8(10)7(3-1-5-11)4-2-6-12/h7,11-12H,1-6H2,(H,9,10). The quantitative estimate of drug-likeness (QED) is 0.561. The number of hydrogen-bond acceptors (Lipinski definition) is 3. The van der Waals surface area contributed by atoms with Crippen LogP contribution < -0.4 is 0 Å². The van der Waals surface area contributed by atoms with Crippen LogP contribution in [0.4, 0.5) is 0 Å². The highest BCUT2D eigenvalue weighted by atomic mass is 32.1. The monoisotopic (exact) mass is 208 g/mol. The number of carboxylic acids is 1. The van der Waals surface area contributed by atoms with E-state index in [1.54, 1.807) is 0 Å². The predicted molar refractivity (Wildman–Crippen MR) is 57.3 cm³/mol. The smallest absolute Gasteiger partial charge is 0.306 e. The minimum Gasteiger partial charge on any atom is -0.481 e. The summed E-state index contributed by atoms with van der Waals surface area (Å²) in [5.74, 6) is 0.665. The first-order valence-electron chi connectivity index (χ1n) is 4.17. The molecule has 2 nitrogen and oxygen atoms in total. The Morgan fingerprint density at radius 2 is 1.58 bits per heavy atom. The molecule has 0 bridgehead atoms. The summed E-state index contributed by atoms with van der Waals surface area (Å²) in [6, 6.07) is 0. The van der Waals surface area contributed by atoms with Crippen LogP contribution in [0.1, 0.15) is 25.7 Å². The first kappa shape index (κ1) is 12.2. The van der Waals surface area contributed by atoms with E-state index in [9.17, 15) is 4.79 Å². The van der Waals surface area contributed by atoms with Gasteiger partial charge in [0.15, 0.2) is 0 Å². The van der Waals surface area contributed by atoms with E-state index in [4.69, 9.17) is 5.11 Å². The Bertz CT molecular complexity index is 120. The van der Waals surface area contributed by atoms with Gasteiger partial charge in [-0.1, -0.05) is 0 Å². The van der Waals surface area contributed by atoms with E-state index in [1.165, 1.54) is 0 Å². The molecule has 0 unspecified atom stereocenters. The number of carbonyl (C=O) groups is 1. The zero-order chi connectivity index (χ0) is 9.40. The Morgan fingerprint density at radius 3 is 1.83 bits per heavy atom. The Kier molecular flexibility index (Phi) is 7.91. The van der Waals surface area contributed by atoms with Gasteiger partial charge in [0, 0.05) is 0 Å². The predicted octanol–water partition coefficient (Wildman–Crippen LogP) is 2.11. The lowest BCUT2D eigenvalue weighted by Crippen LogP contribution is -2.13. The Balaban J connectivity index is 3.62. The van der Waals surface area contributed by atoms with Crippen LogP contribution in [0.2, 0.25) is 0 Å². The van der Waals surface area contributed by atoms with Crippen LogP contribution in [-0.2, 0) is 4.79 Å². The van der Waals surface area contributed by atoms with Crippen molar-refractivity contribution < 1.29 is 9.90 Å². The molecule has 0 spiro atoms. The molecule has 0 heterocycles. The molecule has 4 heteroatoms. The number of carboxylic acid groups (broad SMARTS) is 1. The van der Waals surface area contributed by atoms with E-state index < -0.39 is 5.97 Å². The first-order chi connectivity index (χ1) is 5.72. The molecule has 0 rings (SSSR count). The molecule has 0 saturated heterocycles. The lowest BCUT2D eigenvalue weighted by atomic mass is 9.99. The summed E-state index contributed by atoms with van der Waals surface area (Å²) < 4.78 is 0. The highest BCUT2D eigenvalue weighted by Crippen LogP contribution is 2.14. The van der Waals surface area contributed by atoms with Gasteiger partial charge in [0.05, 0.1) is 5.92 Å². The van der Waals surface area contributed by atoms with Crippen LogP contribution in [0, 0.1) is 5.92 Å². The maximum atomic E-state index is 10.7. The highest BCUT2D eigenvalue weighted by molar-refractivity contribution is 7.80. The molecule has 0 aliphatic carbocycles. The molecule has 0 atom stereocenters. The summed E-state index contributed by atoms with van der Waals surface area (Å²) in [5.41, 5.74) is 0. The second-order valence-corrected chi connectivity index (χ2v) is 3.66. The van der Waals surface area contributed by atoms with E-state index >= 15 is 0 Å². The van der Waals surface area contributed by atoms with E-state index in [0.717, 1.165) is 37.2 Å². The summed E-state index contributed by atoms with van der Waals surface area (Å²) in [6.07, 6.45) is 3.25. The normalized spacial score (nSPS) is 10.6. The average molecular weight is 208 g/mol. The molecule has 0 amide bonds. The summed E-state index contributed by atoms with van der Waals surface area (Å²) >= 11 is 8.09.